The van der Waals surface area contributed by atoms with Crippen molar-refractivity contribution in [3.05, 3.63) is 87.0 Å². The highest BCUT2D eigenvalue weighted by Crippen LogP contribution is 2.45. The molecule has 0 radical (unpaired) electrons. The Bertz CT molecular complexity index is 1420. The summed E-state index contributed by atoms with van der Waals surface area (Å²) < 4.78 is 0. The Morgan fingerprint density at radius 2 is 0.830 bits per heavy atom. The maximum atomic E-state index is 11.4. The zero-order valence-corrected chi connectivity index (χ0v) is 33.0. The lowest BCUT2D eigenvalue weighted by Crippen LogP contribution is -2.16. The van der Waals surface area contributed by atoms with Gasteiger partial charge in [-0.2, -0.15) is 0 Å². The number of aromatic hydroxyl groups is 3. The van der Waals surface area contributed by atoms with Crippen LogP contribution in [0.2, 0.25) is 0 Å². The molecular formula is C44H68O3. The van der Waals surface area contributed by atoms with E-state index in [0.717, 1.165) is 40.7 Å². The van der Waals surface area contributed by atoms with Gasteiger partial charge in [-0.05, 0) is 85.8 Å². The minimum atomic E-state index is -0.163. The summed E-state index contributed by atoms with van der Waals surface area (Å²) in [6.45, 7) is 36.8. The minimum absolute atomic E-state index is 0.00859. The topological polar surface area (TPSA) is 60.7 Å². The molecule has 0 amide bonds. The van der Waals surface area contributed by atoms with Crippen molar-refractivity contribution in [1.29, 1.82) is 0 Å². The average Bonchev–Trinajstić information content (AvgIpc) is 2.87. The molecule has 47 heavy (non-hydrogen) atoms. The lowest BCUT2D eigenvalue weighted by atomic mass is 9.77. The predicted octanol–water partition coefficient (Wildman–Crippen LogP) is 12.2. The van der Waals surface area contributed by atoms with E-state index in [-0.39, 0.29) is 27.6 Å². The zero-order valence-electron chi connectivity index (χ0n) is 33.0. The standard InChI is InChI=1S/C30H46O2.C14H22O/c1-18(2)12-21-14-23(27(31)25(16-21)29(6,7)8)20(5)24-15-22(13-19(3)4)17-26(28(24)32)30(9,10)11;1-13(2,3)10-7-8-12(15)11(9-10)14(4,5)6/h14-20,31-32H,12-13H2,1-11H3;7-9,15H,1-6H3. The van der Waals surface area contributed by atoms with Gasteiger partial charge in [-0.3, -0.25) is 0 Å². The molecular weight excluding hydrogens is 576 g/mol. The zero-order chi connectivity index (χ0) is 36.4. The van der Waals surface area contributed by atoms with Crippen LogP contribution >= 0.6 is 0 Å². The van der Waals surface area contributed by atoms with E-state index in [1.165, 1.54) is 16.7 Å². The van der Waals surface area contributed by atoms with Gasteiger partial charge in [0.1, 0.15) is 17.2 Å². The van der Waals surface area contributed by atoms with Gasteiger partial charge in [-0.25, -0.2) is 0 Å². The fourth-order valence-electron chi connectivity index (χ4n) is 6.19. The monoisotopic (exact) mass is 645 g/mol. The van der Waals surface area contributed by atoms with E-state index < -0.39 is 0 Å². The first-order valence-corrected chi connectivity index (χ1v) is 17.7. The molecule has 0 aliphatic rings. The maximum absolute atomic E-state index is 11.4. The van der Waals surface area contributed by atoms with Crippen LogP contribution in [0.4, 0.5) is 0 Å². The van der Waals surface area contributed by atoms with Gasteiger partial charge in [-0.1, -0.05) is 154 Å². The molecule has 0 aromatic heterocycles. The maximum Gasteiger partial charge on any atom is 0.123 e. The first kappa shape index (κ1) is 40.2. The smallest absolute Gasteiger partial charge is 0.123 e. The summed E-state index contributed by atoms with van der Waals surface area (Å²) in [4.78, 5) is 0. The summed E-state index contributed by atoms with van der Waals surface area (Å²) in [6.07, 6.45) is 1.94. The number of hydrogen-bond donors (Lipinski definition) is 3. The second-order valence-corrected chi connectivity index (χ2v) is 18.8. The van der Waals surface area contributed by atoms with Crippen molar-refractivity contribution >= 4 is 0 Å². The molecule has 0 unspecified atom stereocenters. The molecule has 3 heteroatoms. The Kier molecular flexibility index (Phi) is 12.6. The van der Waals surface area contributed by atoms with E-state index in [4.69, 9.17) is 0 Å². The van der Waals surface area contributed by atoms with Crippen molar-refractivity contribution < 1.29 is 15.3 Å². The Labute approximate surface area is 288 Å². The normalized spacial score (nSPS) is 12.9. The van der Waals surface area contributed by atoms with Gasteiger partial charge in [-0.15, -0.1) is 0 Å². The Morgan fingerprint density at radius 3 is 1.13 bits per heavy atom. The molecule has 3 rings (SSSR count). The highest BCUT2D eigenvalue weighted by atomic mass is 16.3. The fourth-order valence-corrected chi connectivity index (χ4v) is 6.19. The van der Waals surface area contributed by atoms with Gasteiger partial charge in [0.15, 0.2) is 0 Å². The van der Waals surface area contributed by atoms with Gasteiger partial charge in [0.2, 0.25) is 0 Å². The molecule has 0 bridgehead atoms. The Morgan fingerprint density at radius 1 is 0.468 bits per heavy atom. The van der Waals surface area contributed by atoms with E-state index in [2.05, 4.69) is 148 Å². The van der Waals surface area contributed by atoms with E-state index in [0.29, 0.717) is 29.1 Å². The van der Waals surface area contributed by atoms with Crippen LogP contribution in [-0.4, -0.2) is 15.3 Å². The summed E-state index contributed by atoms with van der Waals surface area (Å²) >= 11 is 0. The van der Waals surface area contributed by atoms with Crippen LogP contribution in [0.15, 0.2) is 42.5 Å². The van der Waals surface area contributed by atoms with Crippen LogP contribution in [0.5, 0.6) is 17.2 Å². The Hall–Kier alpha value is -2.94. The second kappa shape index (κ2) is 14.7. The van der Waals surface area contributed by atoms with Crippen LogP contribution in [0.25, 0.3) is 0 Å². The van der Waals surface area contributed by atoms with Crippen molar-refractivity contribution in [2.45, 2.75) is 158 Å². The number of benzene rings is 3. The third-order valence-corrected chi connectivity index (χ3v) is 8.91. The van der Waals surface area contributed by atoms with Gasteiger partial charge < -0.3 is 15.3 Å². The number of phenols is 3. The minimum Gasteiger partial charge on any atom is -0.508 e. The van der Waals surface area contributed by atoms with Crippen LogP contribution in [0, 0.1) is 11.8 Å². The first-order valence-electron chi connectivity index (χ1n) is 17.7. The highest BCUT2D eigenvalue weighted by Gasteiger charge is 2.28. The summed E-state index contributed by atoms with van der Waals surface area (Å²) in [6, 6.07) is 14.6. The summed E-state index contributed by atoms with van der Waals surface area (Å²) in [7, 11) is 0. The molecule has 0 heterocycles. The van der Waals surface area contributed by atoms with E-state index in [9.17, 15) is 15.3 Å². The molecule has 0 saturated carbocycles. The molecule has 0 fully saturated rings. The van der Waals surface area contributed by atoms with Crippen LogP contribution in [0.1, 0.15) is 168 Å². The number of phenolic OH excluding ortho intramolecular Hbond substituents is 3. The van der Waals surface area contributed by atoms with Gasteiger partial charge in [0.05, 0.1) is 0 Å². The van der Waals surface area contributed by atoms with Crippen molar-refractivity contribution in [3.8, 4) is 17.2 Å². The quantitative estimate of drug-likeness (QED) is 0.250. The van der Waals surface area contributed by atoms with E-state index in [1.54, 1.807) is 6.07 Å². The van der Waals surface area contributed by atoms with E-state index in [1.807, 2.05) is 6.07 Å². The van der Waals surface area contributed by atoms with Gasteiger partial charge in [0, 0.05) is 17.0 Å². The van der Waals surface area contributed by atoms with Crippen molar-refractivity contribution in [1.82, 2.24) is 0 Å². The predicted molar refractivity (Wildman–Crippen MR) is 204 cm³/mol. The van der Waals surface area contributed by atoms with Crippen molar-refractivity contribution in [2.75, 3.05) is 0 Å². The summed E-state index contributed by atoms with van der Waals surface area (Å²) in [5.41, 5.74) is 8.36. The van der Waals surface area contributed by atoms with E-state index >= 15 is 0 Å². The molecule has 0 aliphatic heterocycles. The fraction of sp³-hybridized carbons (Fsp3) is 0.591. The summed E-state index contributed by atoms with van der Waals surface area (Å²) in [5, 5.41) is 32.6. The summed E-state index contributed by atoms with van der Waals surface area (Å²) in [5.74, 6) is 2.08. The Balaban J connectivity index is 0.000000427. The van der Waals surface area contributed by atoms with Crippen molar-refractivity contribution in [2.24, 2.45) is 11.8 Å². The molecule has 0 atom stereocenters. The number of rotatable bonds is 6. The van der Waals surface area contributed by atoms with Gasteiger partial charge >= 0.3 is 0 Å². The molecule has 3 aromatic rings. The van der Waals surface area contributed by atoms with Crippen LogP contribution in [-0.2, 0) is 34.5 Å². The lowest BCUT2D eigenvalue weighted by molar-refractivity contribution is 0.429. The molecule has 0 saturated heterocycles. The molecule has 0 spiro atoms. The molecule has 3 N–H and O–H groups in total. The molecule has 262 valence electrons. The second-order valence-electron chi connectivity index (χ2n) is 18.8. The SMILES string of the molecule is CC(C)(C)c1ccc(O)c(C(C)(C)C)c1.CC(C)Cc1cc(C(C)c2cc(CC(C)C)cc(C(C)(C)C)c2O)c(O)c(C(C)(C)C)c1. The largest absolute Gasteiger partial charge is 0.508 e. The van der Waals surface area contributed by atoms with Crippen molar-refractivity contribution in [3.63, 3.8) is 0 Å². The third kappa shape index (κ3) is 10.8. The first-order chi connectivity index (χ1) is 21.1. The van der Waals surface area contributed by atoms with Gasteiger partial charge in [0.25, 0.3) is 0 Å². The van der Waals surface area contributed by atoms with Crippen LogP contribution in [0.3, 0.4) is 0 Å². The highest BCUT2D eigenvalue weighted by molar-refractivity contribution is 5.56. The number of hydrogen-bond acceptors (Lipinski definition) is 3. The molecule has 3 nitrogen and oxygen atoms in total. The third-order valence-electron chi connectivity index (χ3n) is 8.91. The lowest BCUT2D eigenvalue weighted by Gasteiger charge is -2.28. The molecule has 0 aliphatic carbocycles. The van der Waals surface area contributed by atoms with Crippen LogP contribution < -0.4 is 0 Å². The molecule has 3 aromatic carbocycles. The average molecular weight is 645 g/mol.